The SMILES string of the molecule is CN(CC(F)(F)F)C(=O)c1c(Cl)ccc(S(N)(=O)=O)c1Cl. The first-order valence-corrected chi connectivity index (χ1v) is 7.48. The number of alkyl halides is 3. The van der Waals surface area contributed by atoms with Crippen molar-refractivity contribution < 1.29 is 26.4 Å². The summed E-state index contributed by atoms with van der Waals surface area (Å²) in [4.78, 5) is 11.7. The van der Waals surface area contributed by atoms with Crippen molar-refractivity contribution in [2.24, 2.45) is 5.14 Å². The first-order valence-electron chi connectivity index (χ1n) is 5.17. The maximum Gasteiger partial charge on any atom is 0.406 e. The number of rotatable bonds is 3. The van der Waals surface area contributed by atoms with Gasteiger partial charge in [-0.3, -0.25) is 4.79 Å². The van der Waals surface area contributed by atoms with Crippen molar-refractivity contribution in [1.29, 1.82) is 0 Å². The summed E-state index contributed by atoms with van der Waals surface area (Å²) in [6.45, 7) is -1.54. The van der Waals surface area contributed by atoms with Gasteiger partial charge in [0.25, 0.3) is 5.91 Å². The molecule has 0 bridgehead atoms. The molecule has 0 aliphatic rings. The van der Waals surface area contributed by atoms with E-state index in [2.05, 4.69) is 0 Å². The second-order valence-electron chi connectivity index (χ2n) is 4.06. The summed E-state index contributed by atoms with van der Waals surface area (Å²) in [7, 11) is -3.37. The molecular formula is C10H9Cl2F3N2O3S. The summed E-state index contributed by atoms with van der Waals surface area (Å²) >= 11 is 11.4. The predicted molar refractivity (Wildman–Crippen MR) is 70.9 cm³/mol. The fourth-order valence-electron chi connectivity index (χ4n) is 1.48. The smallest absolute Gasteiger partial charge is 0.333 e. The molecule has 118 valence electrons. The van der Waals surface area contributed by atoms with Crippen LogP contribution in [0.1, 0.15) is 10.4 Å². The lowest BCUT2D eigenvalue weighted by molar-refractivity contribution is -0.138. The monoisotopic (exact) mass is 364 g/mol. The molecule has 0 heterocycles. The molecule has 0 spiro atoms. The minimum atomic E-state index is -4.62. The molecule has 0 fully saturated rings. The van der Waals surface area contributed by atoms with E-state index in [1.807, 2.05) is 0 Å². The van der Waals surface area contributed by atoms with Crippen molar-refractivity contribution >= 4 is 39.1 Å². The van der Waals surface area contributed by atoms with Crippen molar-refractivity contribution in [3.63, 3.8) is 0 Å². The number of carbonyl (C=O) groups is 1. The third kappa shape index (κ3) is 4.47. The van der Waals surface area contributed by atoms with Gasteiger partial charge in [-0.25, -0.2) is 13.6 Å². The van der Waals surface area contributed by atoms with E-state index in [9.17, 15) is 26.4 Å². The fraction of sp³-hybridized carbons (Fsp3) is 0.300. The van der Waals surface area contributed by atoms with Gasteiger partial charge in [-0.1, -0.05) is 23.2 Å². The van der Waals surface area contributed by atoms with E-state index in [0.29, 0.717) is 4.90 Å². The second-order valence-corrected chi connectivity index (χ2v) is 6.37. The van der Waals surface area contributed by atoms with Gasteiger partial charge in [0.1, 0.15) is 11.4 Å². The number of nitrogens with zero attached hydrogens (tertiary/aromatic N) is 1. The minimum Gasteiger partial charge on any atom is -0.333 e. The molecule has 1 aromatic rings. The Balaban J connectivity index is 3.34. The van der Waals surface area contributed by atoms with Gasteiger partial charge in [0.05, 0.1) is 15.6 Å². The van der Waals surface area contributed by atoms with Crippen molar-refractivity contribution in [2.45, 2.75) is 11.1 Å². The Hall–Kier alpha value is -1.03. The van der Waals surface area contributed by atoms with Crippen molar-refractivity contribution in [3.05, 3.63) is 27.7 Å². The van der Waals surface area contributed by atoms with Crippen LogP contribution in [0.2, 0.25) is 10.0 Å². The molecule has 0 atom stereocenters. The number of amides is 1. The summed E-state index contributed by atoms with van der Waals surface area (Å²) in [5.74, 6) is -1.17. The third-order valence-electron chi connectivity index (χ3n) is 2.34. The molecule has 0 saturated carbocycles. The molecule has 1 aromatic carbocycles. The lowest BCUT2D eigenvalue weighted by Gasteiger charge is -2.20. The van der Waals surface area contributed by atoms with Crippen LogP contribution in [0.25, 0.3) is 0 Å². The maximum absolute atomic E-state index is 12.3. The van der Waals surface area contributed by atoms with Gasteiger partial charge in [-0.05, 0) is 12.1 Å². The van der Waals surface area contributed by atoms with Crippen molar-refractivity contribution in [3.8, 4) is 0 Å². The molecule has 1 rings (SSSR count). The number of primary sulfonamides is 1. The molecule has 0 aromatic heterocycles. The number of carbonyl (C=O) groups excluding carboxylic acids is 1. The van der Waals surface area contributed by atoms with Crippen molar-refractivity contribution in [2.75, 3.05) is 13.6 Å². The maximum atomic E-state index is 12.3. The van der Waals surface area contributed by atoms with Gasteiger partial charge in [0.15, 0.2) is 0 Å². The van der Waals surface area contributed by atoms with Gasteiger partial charge in [0.2, 0.25) is 10.0 Å². The van der Waals surface area contributed by atoms with Crippen LogP contribution in [0.3, 0.4) is 0 Å². The van der Waals surface area contributed by atoms with Crippen LogP contribution >= 0.6 is 23.2 Å². The van der Waals surface area contributed by atoms with Gasteiger partial charge < -0.3 is 4.90 Å². The fourth-order valence-corrected chi connectivity index (χ4v) is 2.95. The highest BCUT2D eigenvalue weighted by molar-refractivity contribution is 7.89. The zero-order valence-corrected chi connectivity index (χ0v) is 12.7. The Morgan fingerprint density at radius 3 is 2.29 bits per heavy atom. The van der Waals surface area contributed by atoms with Crippen LogP contribution in [-0.2, 0) is 10.0 Å². The number of sulfonamides is 1. The average Bonchev–Trinajstić information content (AvgIpc) is 2.24. The molecule has 11 heteroatoms. The van der Waals surface area contributed by atoms with Crippen LogP contribution in [0.4, 0.5) is 13.2 Å². The van der Waals surface area contributed by atoms with Gasteiger partial charge in [-0.15, -0.1) is 0 Å². The molecule has 0 radical (unpaired) electrons. The number of halogens is 5. The minimum absolute atomic E-state index is 0.286. The Kier molecular flexibility index (Phi) is 5.14. The average molecular weight is 365 g/mol. The number of hydrogen-bond donors (Lipinski definition) is 1. The largest absolute Gasteiger partial charge is 0.406 e. The second kappa shape index (κ2) is 5.99. The summed E-state index contributed by atoms with van der Waals surface area (Å²) in [5.41, 5.74) is -0.559. The third-order valence-corrected chi connectivity index (χ3v) is 4.11. The number of hydrogen-bond acceptors (Lipinski definition) is 3. The topological polar surface area (TPSA) is 80.5 Å². The van der Waals surface area contributed by atoms with Crippen LogP contribution in [0, 0.1) is 0 Å². The molecule has 21 heavy (non-hydrogen) atoms. The number of nitrogens with two attached hydrogens (primary N) is 1. The summed E-state index contributed by atoms with van der Waals surface area (Å²) in [6.07, 6.45) is -4.62. The lowest BCUT2D eigenvalue weighted by atomic mass is 10.2. The van der Waals surface area contributed by atoms with E-state index in [4.69, 9.17) is 28.3 Å². The highest BCUT2D eigenvalue weighted by Crippen LogP contribution is 2.31. The molecular weight excluding hydrogens is 356 g/mol. The van der Waals surface area contributed by atoms with E-state index in [-0.39, 0.29) is 5.02 Å². The Bertz CT molecular complexity index is 677. The predicted octanol–water partition coefficient (Wildman–Crippen LogP) is 2.28. The number of benzene rings is 1. The molecule has 0 aliphatic carbocycles. The molecule has 0 unspecified atom stereocenters. The van der Waals surface area contributed by atoms with E-state index in [0.717, 1.165) is 19.2 Å². The molecule has 0 saturated heterocycles. The van der Waals surface area contributed by atoms with Gasteiger partial charge in [0, 0.05) is 7.05 Å². The van der Waals surface area contributed by atoms with E-state index in [1.165, 1.54) is 0 Å². The summed E-state index contributed by atoms with van der Waals surface area (Å²) < 4.78 is 59.4. The van der Waals surface area contributed by atoms with E-state index >= 15 is 0 Å². The molecule has 0 aliphatic heterocycles. The Morgan fingerprint density at radius 2 is 1.86 bits per heavy atom. The zero-order chi connectivity index (χ0) is 16.6. The highest BCUT2D eigenvalue weighted by Gasteiger charge is 2.33. The van der Waals surface area contributed by atoms with Gasteiger partial charge in [-0.2, -0.15) is 13.2 Å². The van der Waals surface area contributed by atoms with Crippen molar-refractivity contribution in [1.82, 2.24) is 4.90 Å². The van der Waals surface area contributed by atoms with E-state index in [1.54, 1.807) is 0 Å². The summed E-state index contributed by atoms with van der Waals surface area (Å²) in [5, 5.41) is 3.99. The molecule has 2 N–H and O–H groups in total. The molecule has 5 nitrogen and oxygen atoms in total. The quantitative estimate of drug-likeness (QED) is 0.893. The lowest BCUT2D eigenvalue weighted by Crippen LogP contribution is -2.36. The Morgan fingerprint density at radius 1 is 1.33 bits per heavy atom. The Labute approximate surface area is 128 Å². The first-order chi connectivity index (χ1) is 9.34. The van der Waals surface area contributed by atoms with Gasteiger partial charge >= 0.3 is 6.18 Å². The first kappa shape index (κ1) is 18.0. The normalized spacial score (nSPS) is 12.3. The summed E-state index contributed by atoms with van der Waals surface area (Å²) in [6, 6.07) is 1.97. The molecule has 1 amide bonds. The van der Waals surface area contributed by atoms with Crippen LogP contribution in [0.5, 0.6) is 0 Å². The zero-order valence-electron chi connectivity index (χ0n) is 10.4. The van der Waals surface area contributed by atoms with E-state index < -0.39 is 44.1 Å². The van der Waals surface area contributed by atoms with Crippen LogP contribution in [0.15, 0.2) is 17.0 Å². The standard InChI is InChI=1S/C10H9Cl2F3N2O3S/c1-17(4-10(13,14)15)9(18)7-5(11)2-3-6(8(7)12)21(16,19)20/h2-3H,4H2,1H3,(H2,16,19,20). The highest BCUT2D eigenvalue weighted by atomic mass is 35.5. The van der Waals surface area contributed by atoms with Crippen LogP contribution in [-0.4, -0.2) is 39.0 Å². The van der Waals surface area contributed by atoms with Crippen LogP contribution < -0.4 is 5.14 Å².